The summed E-state index contributed by atoms with van der Waals surface area (Å²) in [6.45, 7) is 0. The highest BCUT2D eigenvalue weighted by Crippen LogP contribution is 2.25. The van der Waals surface area contributed by atoms with E-state index in [-0.39, 0.29) is 11.3 Å². The molecule has 24 heavy (non-hydrogen) atoms. The average Bonchev–Trinajstić information content (AvgIpc) is 2.61. The number of nitrogens with one attached hydrogen (secondary N) is 1. The van der Waals surface area contributed by atoms with Crippen molar-refractivity contribution in [3.05, 3.63) is 71.8 Å². The molecule has 0 fully saturated rings. The number of amides is 1. The van der Waals surface area contributed by atoms with Gasteiger partial charge in [0.05, 0.1) is 18.4 Å². The Kier molecular flexibility index (Phi) is 4.16. The van der Waals surface area contributed by atoms with Gasteiger partial charge in [0, 0.05) is 5.56 Å². The zero-order valence-electron chi connectivity index (χ0n) is 12.9. The smallest absolute Gasteiger partial charge is 0.337 e. The highest BCUT2D eigenvalue weighted by atomic mass is 16.5. The fraction of sp³-hybridized carbons (Fsp3) is 0.0526. The van der Waals surface area contributed by atoms with Crippen LogP contribution in [-0.2, 0) is 0 Å². The van der Waals surface area contributed by atoms with Crippen molar-refractivity contribution in [3.63, 3.8) is 0 Å². The topological polar surface area (TPSA) is 75.6 Å². The van der Waals surface area contributed by atoms with Crippen molar-refractivity contribution < 1.29 is 19.4 Å². The summed E-state index contributed by atoms with van der Waals surface area (Å²) in [5.74, 6) is -0.937. The molecule has 0 heterocycles. The number of hydrogen-bond acceptors (Lipinski definition) is 3. The van der Waals surface area contributed by atoms with E-state index in [0.29, 0.717) is 11.3 Å². The Morgan fingerprint density at radius 2 is 1.67 bits per heavy atom. The van der Waals surface area contributed by atoms with Gasteiger partial charge in [-0.1, -0.05) is 30.3 Å². The van der Waals surface area contributed by atoms with E-state index in [9.17, 15) is 14.7 Å². The quantitative estimate of drug-likeness (QED) is 0.766. The van der Waals surface area contributed by atoms with Crippen molar-refractivity contribution in [1.82, 2.24) is 0 Å². The number of methoxy groups -OCH3 is 1. The van der Waals surface area contributed by atoms with Gasteiger partial charge in [-0.25, -0.2) is 4.79 Å². The molecule has 5 heteroatoms. The molecule has 0 saturated carbocycles. The van der Waals surface area contributed by atoms with Crippen molar-refractivity contribution >= 4 is 28.3 Å². The molecule has 2 N–H and O–H groups in total. The van der Waals surface area contributed by atoms with E-state index in [1.54, 1.807) is 36.4 Å². The first-order valence-corrected chi connectivity index (χ1v) is 7.30. The zero-order valence-corrected chi connectivity index (χ0v) is 12.9. The largest absolute Gasteiger partial charge is 0.497 e. The molecule has 0 spiro atoms. The molecular formula is C19H15NO4. The van der Waals surface area contributed by atoms with Crippen LogP contribution in [0.25, 0.3) is 10.8 Å². The number of carboxylic acid groups (broad SMARTS) is 1. The minimum Gasteiger partial charge on any atom is -0.497 e. The van der Waals surface area contributed by atoms with Gasteiger partial charge >= 0.3 is 5.97 Å². The molecule has 5 nitrogen and oxygen atoms in total. The standard InChI is InChI=1S/C19H15NO4/c1-24-15-8-4-7-14(9-15)18(21)20-17-11-13-6-3-2-5-12(13)10-16(17)19(22)23/h2-11H,1H3,(H,20,21)(H,22,23). The average molecular weight is 321 g/mol. The van der Waals surface area contributed by atoms with Gasteiger partial charge in [0.25, 0.3) is 5.91 Å². The molecule has 1 amide bonds. The maximum atomic E-state index is 12.4. The number of carbonyl (C=O) groups is 2. The lowest BCUT2D eigenvalue weighted by Crippen LogP contribution is -2.15. The van der Waals surface area contributed by atoms with Crippen molar-refractivity contribution in [3.8, 4) is 5.75 Å². The lowest BCUT2D eigenvalue weighted by atomic mass is 10.0. The lowest BCUT2D eigenvalue weighted by Gasteiger charge is -2.11. The van der Waals surface area contributed by atoms with Gasteiger partial charge in [-0.15, -0.1) is 0 Å². The van der Waals surface area contributed by atoms with Crippen LogP contribution in [0.1, 0.15) is 20.7 Å². The van der Waals surface area contributed by atoms with Gasteiger partial charge in [-0.05, 0) is 41.1 Å². The second kappa shape index (κ2) is 6.42. The first kappa shape index (κ1) is 15.6. The molecule has 0 aliphatic carbocycles. The summed E-state index contributed by atoms with van der Waals surface area (Å²) >= 11 is 0. The third kappa shape index (κ3) is 3.05. The first-order chi connectivity index (χ1) is 11.6. The van der Waals surface area contributed by atoms with E-state index in [0.717, 1.165) is 10.8 Å². The normalized spacial score (nSPS) is 10.4. The first-order valence-electron chi connectivity index (χ1n) is 7.30. The predicted molar refractivity (Wildman–Crippen MR) is 91.9 cm³/mol. The molecule has 0 saturated heterocycles. The fourth-order valence-corrected chi connectivity index (χ4v) is 2.48. The Morgan fingerprint density at radius 1 is 0.958 bits per heavy atom. The molecule has 3 aromatic carbocycles. The van der Waals surface area contributed by atoms with E-state index < -0.39 is 11.9 Å². The number of hydrogen-bond donors (Lipinski definition) is 2. The van der Waals surface area contributed by atoms with Crippen LogP contribution in [0.2, 0.25) is 0 Å². The predicted octanol–water partition coefficient (Wildman–Crippen LogP) is 3.80. The molecule has 3 aromatic rings. The molecule has 3 rings (SSSR count). The molecule has 0 aliphatic rings. The van der Waals surface area contributed by atoms with Crippen LogP contribution >= 0.6 is 0 Å². The van der Waals surface area contributed by atoms with Crippen LogP contribution in [0.3, 0.4) is 0 Å². The number of aromatic carboxylic acids is 1. The van der Waals surface area contributed by atoms with E-state index in [1.165, 1.54) is 7.11 Å². The van der Waals surface area contributed by atoms with Crippen LogP contribution in [0.4, 0.5) is 5.69 Å². The second-order valence-electron chi connectivity index (χ2n) is 5.24. The van der Waals surface area contributed by atoms with Crippen LogP contribution in [0, 0.1) is 0 Å². The summed E-state index contributed by atoms with van der Waals surface area (Å²) < 4.78 is 5.10. The highest BCUT2D eigenvalue weighted by Gasteiger charge is 2.15. The Balaban J connectivity index is 2.00. The number of anilines is 1. The maximum Gasteiger partial charge on any atom is 0.337 e. The molecule has 0 unspecified atom stereocenters. The van der Waals surface area contributed by atoms with Gasteiger partial charge < -0.3 is 15.2 Å². The van der Waals surface area contributed by atoms with E-state index >= 15 is 0 Å². The number of carboxylic acids is 1. The Hall–Kier alpha value is -3.34. The van der Waals surface area contributed by atoms with Crippen molar-refractivity contribution in [2.75, 3.05) is 12.4 Å². The lowest BCUT2D eigenvalue weighted by molar-refractivity contribution is 0.0698. The Morgan fingerprint density at radius 3 is 2.33 bits per heavy atom. The minimum atomic E-state index is -1.10. The van der Waals surface area contributed by atoms with E-state index in [2.05, 4.69) is 5.32 Å². The number of rotatable bonds is 4. The van der Waals surface area contributed by atoms with Gasteiger partial charge in [0.15, 0.2) is 0 Å². The van der Waals surface area contributed by atoms with Crippen LogP contribution in [0.15, 0.2) is 60.7 Å². The van der Waals surface area contributed by atoms with E-state index in [1.807, 2.05) is 24.3 Å². The van der Waals surface area contributed by atoms with Crippen molar-refractivity contribution in [1.29, 1.82) is 0 Å². The van der Waals surface area contributed by atoms with Gasteiger partial charge in [-0.2, -0.15) is 0 Å². The molecule has 0 aliphatic heterocycles. The van der Waals surface area contributed by atoms with Crippen LogP contribution in [0.5, 0.6) is 5.75 Å². The molecule has 0 atom stereocenters. The second-order valence-corrected chi connectivity index (χ2v) is 5.24. The number of ether oxygens (including phenoxy) is 1. The van der Waals surface area contributed by atoms with Gasteiger partial charge in [-0.3, -0.25) is 4.79 Å². The third-order valence-electron chi connectivity index (χ3n) is 3.70. The summed E-state index contributed by atoms with van der Waals surface area (Å²) in [5, 5.41) is 13.7. The summed E-state index contributed by atoms with van der Waals surface area (Å²) in [6, 6.07) is 17.3. The molecule has 0 aromatic heterocycles. The summed E-state index contributed by atoms with van der Waals surface area (Å²) in [7, 11) is 1.52. The number of fused-ring (bicyclic) bond motifs is 1. The Bertz CT molecular complexity index is 934. The number of carbonyl (C=O) groups excluding carboxylic acids is 1. The van der Waals surface area contributed by atoms with Crippen LogP contribution < -0.4 is 10.1 Å². The zero-order chi connectivity index (χ0) is 17.1. The van der Waals surface area contributed by atoms with Crippen LogP contribution in [-0.4, -0.2) is 24.1 Å². The minimum absolute atomic E-state index is 0.0462. The third-order valence-corrected chi connectivity index (χ3v) is 3.70. The summed E-state index contributed by atoms with van der Waals surface area (Å²) in [6.07, 6.45) is 0. The van der Waals surface area contributed by atoms with Gasteiger partial charge in [0.1, 0.15) is 5.75 Å². The summed E-state index contributed by atoms with van der Waals surface area (Å²) in [4.78, 5) is 23.9. The van der Waals surface area contributed by atoms with Crippen molar-refractivity contribution in [2.24, 2.45) is 0 Å². The highest BCUT2D eigenvalue weighted by molar-refractivity contribution is 6.10. The molecule has 0 bridgehead atoms. The van der Waals surface area contributed by atoms with E-state index in [4.69, 9.17) is 4.74 Å². The Labute approximate surface area is 138 Å². The number of benzene rings is 3. The molecular weight excluding hydrogens is 306 g/mol. The SMILES string of the molecule is COc1cccc(C(=O)Nc2cc3ccccc3cc2C(=O)O)c1. The maximum absolute atomic E-state index is 12.4. The summed E-state index contributed by atoms with van der Waals surface area (Å²) in [5.41, 5.74) is 0.692. The van der Waals surface area contributed by atoms with Gasteiger partial charge in [0.2, 0.25) is 0 Å². The molecule has 0 radical (unpaired) electrons. The van der Waals surface area contributed by atoms with Crippen molar-refractivity contribution in [2.45, 2.75) is 0 Å². The molecule has 120 valence electrons. The monoisotopic (exact) mass is 321 g/mol. The fourth-order valence-electron chi connectivity index (χ4n) is 2.48.